The lowest BCUT2D eigenvalue weighted by Gasteiger charge is -2.12. The molecule has 0 aliphatic carbocycles. The monoisotopic (exact) mass is 490 g/mol. The molecule has 2 N–H and O–H groups in total. The lowest BCUT2D eigenvalue weighted by atomic mass is 10.1. The molecule has 0 fully saturated rings. The Bertz CT molecular complexity index is 1570. The van der Waals surface area contributed by atoms with Crippen LogP contribution in [0.4, 0.5) is 11.4 Å². The highest BCUT2D eigenvalue weighted by atomic mass is 32.2. The summed E-state index contributed by atoms with van der Waals surface area (Å²) in [5.41, 5.74) is 3.32. The van der Waals surface area contributed by atoms with Gasteiger partial charge in [0.1, 0.15) is 5.69 Å². The van der Waals surface area contributed by atoms with Crippen LogP contribution in [-0.4, -0.2) is 23.7 Å². The van der Waals surface area contributed by atoms with Gasteiger partial charge in [0.15, 0.2) is 0 Å². The van der Waals surface area contributed by atoms with Crippen LogP contribution >= 0.6 is 0 Å². The molecule has 0 bridgehead atoms. The second-order valence-corrected chi connectivity index (χ2v) is 10.0. The highest BCUT2D eigenvalue weighted by Gasteiger charge is 2.20. The summed E-state index contributed by atoms with van der Waals surface area (Å²) in [4.78, 5) is 26.2. The molecule has 0 unspecified atom stereocenters. The Morgan fingerprint density at radius 2 is 1.54 bits per heavy atom. The molecule has 9 heteroatoms. The predicted molar refractivity (Wildman–Crippen MR) is 137 cm³/mol. The van der Waals surface area contributed by atoms with Crippen LogP contribution in [0.1, 0.15) is 27.2 Å². The number of aromatic nitrogens is 2. The topological polar surface area (TPSA) is 102 Å². The number of para-hydroxylation sites is 1. The van der Waals surface area contributed by atoms with Gasteiger partial charge in [-0.15, -0.1) is 0 Å². The minimum Gasteiger partial charge on any atom is -0.316 e. The average molecular weight is 491 g/mol. The number of rotatable bonds is 6. The zero-order valence-electron chi connectivity index (χ0n) is 19.9. The van der Waals surface area contributed by atoms with E-state index in [2.05, 4.69) is 10.0 Å². The van der Waals surface area contributed by atoms with Gasteiger partial charge in [-0.05, 0) is 68.8 Å². The normalized spacial score (nSPS) is 11.3. The Morgan fingerprint density at radius 1 is 0.886 bits per heavy atom. The van der Waals surface area contributed by atoms with Gasteiger partial charge < -0.3 is 5.32 Å². The number of sulfonamides is 1. The smallest absolute Gasteiger partial charge is 0.295 e. The molecule has 0 atom stereocenters. The van der Waals surface area contributed by atoms with E-state index < -0.39 is 15.9 Å². The molecule has 1 amide bonds. The third-order valence-electron chi connectivity index (χ3n) is 5.86. The summed E-state index contributed by atoms with van der Waals surface area (Å²) in [6.45, 7) is 5.34. The summed E-state index contributed by atoms with van der Waals surface area (Å²) in [6.07, 6.45) is 0. The molecule has 0 aliphatic heterocycles. The number of carbonyl (C=O) groups excluding carboxylic acids is 1. The Hall–Kier alpha value is -4.11. The lowest BCUT2D eigenvalue weighted by molar-refractivity contribution is 0.102. The third-order valence-corrected chi connectivity index (χ3v) is 7.24. The van der Waals surface area contributed by atoms with E-state index in [9.17, 15) is 18.0 Å². The van der Waals surface area contributed by atoms with Crippen LogP contribution in [0, 0.1) is 20.8 Å². The fraction of sp³-hybridized carbons (Fsp3) is 0.154. The molecule has 0 saturated heterocycles. The molecule has 0 radical (unpaired) electrons. The van der Waals surface area contributed by atoms with Gasteiger partial charge in [-0.3, -0.25) is 19.0 Å². The Balaban J connectivity index is 1.58. The summed E-state index contributed by atoms with van der Waals surface area (Å²) < 4.78 is 31.2. The molecule has 0 aliphatic rings. The molecular weight excluding hydrogens is 464 g/mol. The van der Waals surface area contributed by atoms with Crippen LogP contribution in [0.25, 0.3) is 5.69 Å². The first-order chi connectivity index (χ1) is 16.6. The summed E-state index contributed by atoms with van der Waals surface area (Å²) >= 11 is 0. The molecule has 180 valence electrons. The zero-order valence-corrected chi connectivity index (χ0v) is 20.7. The number of nitrogens with zero attached hydrogens (tertiary/aromatic N) is 2. The molecule has 0 saturated carbocycles. The molecule has 4 rings (SSSR count). The number of hydrogen-bond donors (Lipinski definition) is 2. The van der Waals surface area contributed by atoms with Crippen molar-refractivity contribution in [2.75, 3.05) is 10.0 Å². The van der Waals surface area contributed by atoms with E-state index in [1.165, 1.54) is 16.8 Å². The van der Waals surface area contributed by atoms with Crippen molar-refractivity contribution in [2.24, 2.45) is 7.05 Å². The van der Waals surface area contributed by atoms with Crippen molar-refractivity contribution < 1.29 is 13.2 Å². The van der Waals surface area contributed by atoms with Gasteiger partial charge in [0, 0.05) is 12.6 Å². The van der Waals surface area contributed by atoms with Crippen LogP contribution in [0.5, 0.6) is 0 Å². The van der Waals surface area contributed by atoms with Gasteiger partial charge in [-0.1, -0.05) is 35.9 Å². The van der Waals surface area contributed by atoms with Gasteiger partial charge >= 0.3 is 0 Å². The van der Waals surface area contributed by atoms with E-state index in [4.69, 9.17) is 0 Å². The van der Waals surface area contributed by atoms with Gasteiger partial charge in [0.25, 0.3) is 21.5 Å². The Morgan fingerprint density at radius 3 is 2.17 bits per heavy atom. The maximum Gasteiger partial charge on any atom is 0.295 e. The highest BCUT2D eigenvalue weighted by molar-refractivity contribution is 7.92. The quantitative estimate of drug-likeness (QED) is 0.424. The molecule has 1 aromatic heterocycles. The van der Waals surface area contributed by atoms with Crippen molar-refractivity contribution in [3.8, 4) is 5.69 Å². The molecule has 4 aromatic rings. The number of anilines is 2. The summed E-state index contributed by atoms with van der Waals surface area (Å²) in [5.74, 6) is -0.466. The van der Waals surface area contributed by atoms with Crippen LogP contribution in [0.3, 0.4) is 0 Å². The first kappa shape index (κ1) is 24.0. The Labute approximate surface area is 203 Å². The van der Waals surface area contributed by atoms with Crippen molar-refractivity contribution in [1.29, 1.82) is 0 Å². The standard InChI is InChI=1S/C26H26N4O4S/c1-17-10-13-22(14-11-17)35(33,34)28-23-15-12-20(16-18(23)2)25(31)27-24-19(3)29(4)30(26(24)32)21-8-6-5-7-9-21/h5-16,28H,1-4H3,(H,27,31). The molecule has 1 heterocycles. The number of aryl methyl sites for hydroxylation is 2. The molecule has 8 nitrogen and oxygen atoms in total. The van der Waals surface area contributed by atoms with Gasteiger partial charge in [0.2, 0.25) is 0 Å². The van der Waals surface area contributed by atoms with E-state index in [0.29, 0.717) is 28.2 Å². The second-order valence-electron chi connectivity index (χ2n) is 8.34. The minimum atomic E-state index is -3.77. The summed E-state index contributed by atoms with van der Waals surface area (Å²) in [6, 6.07) is 20.3. The predicted octanol–water partition coefficient (Wildman–Crippen LogP) is 4.15. The molecular formula is C26H26N4O4S. The van der Waals surface area contributed by atoms with E-state index in [1.807, 2.05) is 37.3 Å². The number of hydrogen-bond acceptors (Lipinski definition) is 4. The third kappa shape index (κ3) is 4.76. The second kappa shape index (κ2) is 9.27. The summed E-state index contributed by atoms with van der Waals surface area (Å²) in [7, 11) is -2.02. The lowest BCUT2D eigenvalue weighted by Crippen LogP contribution is -2.23. The molecule has 0 spiro atoms. The van der Waals surface area contributed by atoms with Crippen LogP contribution in [-0.2, 0) is 17.1 Å². The first-order valence-corrected chi connectivity index (χ1v) is 12.4. The SMILES string of the molecule is Cc1ccc(S(=O)(=O)Nc2ccc(C(=O)Nc3c(C)n(C)n(-c4ccccc4)c3=O)cc2C)cc1. The fourth-order valence-corrected chi connectivity index (χ4v) is 4.87. The summed E-state index contributed by atoms with van der Waals surface area (Å²) in [5, 5.41) is 2.72. The van der Waals surface area contributed by atoms with Crippen molar-refractivity contribution in [1.82, 2.24) is 9.36 Å². The zero-order chi connectivity index (χ0) is 25.3. The molecule has 3 aromatic carbocycles. The van der Waals surface area contributed by atoms with E-state index in [1.54, 1.807) is 55.9 Å². The number of carbonyl (C=O) groups is 1. The van der Waals surface area contributed by atoms with E-state index in [0.717, 1.165) is 5.56 Å². The largest absolute Gasteiger partial charge is 0.316 e. The van der Waals surface area contributed by atoms with Gasteiger partial charge in [-0.2, -0.15) is 0 Å². The van der Waals surface area contributed by atoms with Crippen molar-refractivity contribution >= 4 is 27.3 Å². The minimum absolute atomic E-state index is 0.151. The molecule has 35 heavy (non-hydrogen) atoms. The number of amides is 1. The number of benzene rings is 3. The van der Waals surface area contributed by atoms with Gasteiger partial charge in [0.05, 0.1) is 22.0 Å². The van der Waals surface area contributed by atoms with Crippen LogP contribution in [0.15, 0.2) is 82.5 Å². The van der Waals surface area contributed by atoms with Crippen LogP contribution in [0.2, 0.25) is 0 Å². The fourth-order valence-electron chi connectivity index (χ4n) is 3.74. The average Bonchev–Trinajstić information content (AvgIpc) is 3.04. The van der Waals surface area contributed by atoms with Gasteiger partial charge in [-0.25, -0.2) is 13.1 Å². The van der Waals surface area contributed by atoms with E-state index >= 15 is 0 Å². The maximum atomic E-state index is 13.1. The first-order valence-electron chi connectivity index (χ1n) is 10.9. The van der Waals surface area contributed by atoms with Crippen molar-refractivity contribution in [3.63, 3.8) is 0 Å². The Kier molecular flexibility index (Phi) is 6.36. The number of nitrogens with one attached hydrogen (secondary N) is 2. The van der Waals surface area contributed by atoms with Crippen LogP contribution < -0.4 is 15.6 Å². The van der Waals surface area contributed by atoms with E-state index in [-0.39, 0.29) is 16.1 Å². The maximum absolute atomic E-state index is 13.1. The van der Waals surface area contributed by atoms with Crippen molar-refractivity contribution in [3.05, 3.63) is 106 Å². The highest BCUT2D eigenvalue weighted by Crippen LogP contribution is 2.22. The van der Waals surface area contributed by atoms with Crippen molar-refractivity contribution in [2.45, 2.75) is 25.7 Å².